The molecule has 0 radical (unpaired) electrons. The number of benzene rings is 1. The van der Waals surface area contributed by atoms with Crippen LogP contribution in [0.4, 0.5) is 4.39 Å². The van der Waals surface area contributed by atoms with Crippen molar-refractivity contribution in [2.45, 2.75) is 6.10 Å². The first-order valence-corrected chi connectivity index (χ1v) is 6.58. The van der Waals surface area contributed by atoms with Gasteiger partial charge in [0, 0.05) is 10.9 Å². The monoisotopic (exact) mass is 316 g/mol. The van der Waals surface area contributed by atoms with E-state index in [4.69, 9.17) is 4.74 Å². The first kappa shape index (κ1) is 12.5. The van der Waals surface area contributed by atoms with Gasteiger partial charge in [0.05, 0.1) is 3.79 Å². The topological polar surface area (TPSA) is 29.5 Å². The van der Waals surface area contributed by atoms with Crippen LogP contribution in [-0.2, 0) is 0 Å². The summed E-state index contributed by atoms with van der Waals surface area (Å²) in [7, 11) is 0. The number of ether oxygens (including phenoxy) is 1. The van der Waals surface area contributed by atoms with E-state index in [1.165, 1.54) is 23.5 Å². The summed E-state index contributed by atoms with van der Waals surface area (Å²) in [5.74, 6) is 0.0653. The lowest BCUT2D eigenvalue weighted by Crippen LogP contribution is -2.08. The molecule has 1 atom stereocenters. The Kier molecular flexibility index (Phi) is 4.15. The van der Waals surface area contributed by atoms with Crippen LogP contribution in [0.1, 0.15) is 11.0 Å². The predicted molar refractivity (Wildman–Crippen MR) is 68.9 cm³/mol. The standard InChI is InChI=1S/C12H10BrFO2S/c13-12-5-4-11(17-12)10(15)7-16-9-3-1-2-8(14)6-9/h1-6,10,15H,7H2. The van der Waals surface area contributed by atoms with Crippen molar-refractivity contribution in [3.8, 4) is 5.75 Å². The number of hydrogen-bond donors (Lipinski definition) is 1. The van der Waals surface area contributed by atoms with Gasteiger partial charge in [0.25, 0.3) is 0 Å². The summed E-state index contributed by atoms with van der Waals surface area (Å²) < 4.78 is 19.1. The highest BCUT2D eigenvalue weighted by molar-refractivity contribution is 9.11. The minimum absolute atomic E-state index is 0.108. The van der Waals surface area contributed by atoms with E-state index in [0.717, 1.165) is 8.66 Å². The summed E-state index contributed by atoms with van der Waals surface area (Å²) in [5, 5.41) is 9.84. The van der Waals surface area contributed by atoms with Crippen LogP contribution in [0, 0.1) is 5.82 Å². The van der Waals surface area contributed by atoms with Crippen molar-refractivity contribution in [1.29, 1.82) is 0 Å². The predicted octanol–water partition coefficient (Wildman–Crippen LogP) is 3.76. The highest BCUT2D eigenvalue weighted by Crippen LogP contribution is 2.27. The van der Waals surface area contributed by atoms with Gasteiger partial charge in [0.15, 0.2) is 0 Å². The second-order valence-electron chi connectivity index (χ2n) is 3.43. The number of aliphatic hydroxyl groups excluding tert-OH is 1. The van der Waals surface area contributed by atoms with Crippen LogP contribution in [0.2, 0.25) is 0 Å². The molecule has 0 aliphatic carbocycles. The van der Waals surface area contributed by atoms with E-state index < -0.39 is 6.10 Å². The summed E-state index contributed by atoms with van der Waals surface area (Å²) in [4.78, 5) is 0.813. The van der Waals surface area contributed by atoms with Crippen LogP contribution < -0.4 is 4.74 Å². The Morgan fingerprint density at radius 2 is 2.18 bits per heavy atom. The average molecular weight is 317 g/mol. The number of thiophene rings is 1. The summed E-state index contributed by atoms with van der Waals surface area (Å²) in [6.45, 7) is 0.108. The van der Waals surface area contributed by atoms with Crippen molar-refractivity contribution in [3.05, 3.63) is 50.9 Å². The van der Waals surface area contributed by atoms with Crippen molar-refractivity contribution < 1.29 is 14.2 Å². The molecule has 0 aliphatic rings. The molecule has 0 aliphatic heterocycles. The number of aliphatic hydroxyl groups is 1. The van der Waals surface area contributed by atoms with Gasteiger partial charge in [-0.05, 0) is 40.2 Å². The van der Waals surface area contributed by atoms with Gasteiger partial charge in [-0.15, -0.1) is 11.3 Å². The molecule has 0 saturated heterocycles. The molecule has 1 unspecified atom stereocenters. The Labute approximate surface area is 111 Å². The normalized spacial score (nSPS) is 12.4. The zero-order chi connectivity index (χ0) is 12.3. The van der Waals surface area contributed by atoms with Crippen molar-refractivity contribution in [2.24, 2.45) is 0 Å². The molecule has 2 aromatic rings. The summed E-state index contributed by atoms with van der Waals surface area (Å²) in [6, 6.07) is 9.55. The molecule has 17 heavy (non-hydrogen) atoms. The first-order chi connectivity index (χ1) is 8.15. The molecule has 1 aromatic heterocycles. The maximum atomic E-state index is 12.9. The lowest BCUT2D eigenvalue weighted by Gasteiger charge is -2.10. The fraction of sp³-hybridized carbons (Fsp3) is 0.167. The first-order valence-electron chi connectivity index (χ1n) is 4.97. The summed E-state index contributed by atoms with van der Waals surface area (Å²) in [6.07, 6.45) is -0.699. The molecule has 90 valence electrons. The second-order valence-corrected chi connectivity index (χ2v) is 5.92. The quantitative estimate of drug-likeness (QED) is 0.930. The Balaban J connectivity index is 1.94. The fourth-order valence-electron chi connectivity index (χ4n) is 1.32. The van der Waals surface area contributed by atoms with Crippen molar-refractivity contribution in [1.82, 2.24) is 0 Å². The Bertz CT molecular complexity index is 501. The van der Waals surface area contributed by atoms with Crippen molar-refractivity contribution in [3.63, 3.8) is 0 Å². The van der Waals surface area contributed by atoms with Crippen LogP contribution in [0.25, 0.3) is 0 Å². The van der Waals surface area contributed by atoms with Crippen LogP contribution in [-0.4, -0.2) is 11.7 Å². The van der Waals surface area contributed by atoms with Crippen molar-refractivity contribution >= 4 is 27.3 Å². The molecular weight excluding hydrogens is 307 g/mol. The number of rotatable bonds is 4. The largest absolute Gasteiger partial charge is 0.490 e. The van der Waals surface area contributed by atoms with Crippen LogP contribution in [0.15, 0.2) is 40.2 Å². The van der Waals surface area contributed by atoms with Gasteiger partial charge >= 0.3 is 0 Å². The molecule has 1 aromatic carbocycles. The third-order valence-corrected chi connectivity index (χ3v) is 3.85. The molecule has 1 N–H and O–H groups in total. The van der Waals surface area contributed by atoms with E-state index >= 15 is 0 Å². The maximum absolute atomic E-state index is 12.9. The van der Waals surface area contributed by atoms with Gasteiger partial charge in [-0.3, -0.25) is 0 Å². The molecule has 0 saturated carbocycles. The van der Waals surface area contributed by atoms with Gasteiger partial charge in [-0.25, -0.2) is 4.39 Å². The molecular formula is C12H10BrFO2S. The summed E-state index contributed by atoms with van der Waals surface area (Å²) in [5.41, 5.74) is 0. The highest BCUT2D eigenvalue weighted by Gasteiger charge is 2.11. The SMILES string of the molecule is OC(COc1cccc(F)c1)c1ccc(Br)s1. The minimum atomic E-state index is -0.699. The van der Waals surface area contributed by atoms with E-state index in [9.17, 15) is 9.50 Å². The molecule has 1 heterocycles. The Hall–Kier alpha value is -0.910. The zero-order valence-corrected chi connectivity index (χ0v) is 11.2. The third kappa shape index (κ3) is 3.52. The van der Waals surface area contributed by atoms with Gasteiger partial charge in [-0.2, -0.15) is 0 Å². The molecule has 0 bridgehead atoms. The average Bonchev–Trinajstić information content (AvgIpc) is 2.73. The molecule has 2 rings (SSSR count). The lowest BCUT2D eigenvalue weighted by atomic mass is 10.3. The Morgan fingerprint density at radius 3 is 2.82 bits per heavy atom. The lowest BCUT2D eigenvalue weighted by molar-refractivity contribution is 0.111. The fourth-order valence-corrected chi connectivity index (χ4v) is 2.72. The van der Waals surface area contributed by atoms with Crippen LogP contribution >= 0.6 is 27.3 Å². The molecule has 5 heteroatoms. The molecule has 0 amide bonds. The van der Waals surface area contributed by atoms with Gasteiger partial charge in [0.1, 0.15) is 24.3 Å². The van der Waals surface area contributed by atoms with Gasteiger partial charge in [-0.1, -0.05) is 6.07 Å². The smallest absolute Gasteiger partial charge is 0.126 e. The van der Waals surface area contributed by atoms with Crippen LogP contribution in [0.5, 0.6) is 5.75 Å². The second kappa shape index (κ2) is 5.62. The van der Waals surface area contributed by atoms with E-state index in [-0.39, 0.29) is 12.4 Å². The molecule has 0 fully saturated rings. The van der Waals surface area contributed by atoms with E-state index in [0.29, 0.717) is 5.75 Å². The summed E-state index contributed by atoms with van der Waals surface area (Å²) >= 11 is 4.77. The molecule has 2 nitrogen and oxygen atoms in total. The zero-order valence-electron chi connectivity index (χ0n) is 8.77. The highest BCUT2D eigenvalue weighted by atomic mass is 79.9. The number of halogens is 2. The van der Waals surface area contributed by atoms with Crippen molar-refractivity contribution in [2.75, 3.05) is 6.61 Å². The molecule has 0 spiro atoms. The van der Waals surface area contributed by atoms with Crippen LogP contribution in [0.3, 0.4) is 0 Å². The van der Waals surface area contributed by atoms with Gasteiger partial charge < -0.3 is 9.84 Å². The Morgan fingerprint density at radius 1 is 1.35 bits per heavy atom. The minimum Gasteiger partial charge on any atom is -0.490 e. The third-order valence-electron chi connectivity index (χ3n) is 2.13. The van der Waals surface area contributed by atoms with E-state index in [1.54, 1.807) is 12.1 Å². The maximum Gasteiger partial charge on any atom is 0.126 e. The van der Waals surface area contributed by atoms with E-state index in [2.05, 4.69) is 15.9 Å². The van der Waals surface area contributed by atoms with Gasteiger partial charge in [0.2, 0.25) is 0 Å². The number of hydrogen-bond acceptors (Lipinski definition) is 3. The van der Waals surface area contributed by atoms with E-state index in [1.807, 2.05) is 12.1 Å².